The molecule has 1 aliphatic rings. The zero-order valence-electron chi connectivity index (χ0n) is 10.9. The van der Waals surface area contributed by atoms with Crippen molar-refractivity contribution in [1.82, 2.24) is 5.32 Å². The average Bonchev–Trinajstić information content (AvgIpc) is 2.37. The Balaban J connectivity index is 2.29. The lowest BCUT2D eigenvalue weighted by Crippen LogP contribution is -2.43. The van der Waals surface area contributed by atoms with E-state index in [1.807, 2.05) is 13.8 Å². The Morgan fingerprint density at radius 1 is 1.41 bits per heavy atom. The van der Waals surface area contributed by atoms with Crippen LogP contribution >= 0.6 is 0 Å². The maximum absolute atomic E-state index is 10.0. The number of β-amino-alcohol motifs (C(OH)–C–C–N with tert-alkyl or cyclic N) is 1. The van der Waals surface area contributed by atoms with E-state index in [2.05, 4.69) is 41.4 Å². The second kappa shape index (κ2) is 4.67. The highest BCUT2D eigenvalue weighted by Crippen LogP contribution is 2.24. The van der Waals surface area contributed by atoms with Crippen LogP contribution in [0.25, 0.3) is 0 Å². The summed E-state index contributed by atoms with van der Waals surface area (Å²) < 4.78 is 0. The highest BCUT2D eigenvalue weighted by atomic mass is 16.3. The molecule has 0 fully saturated rings. The summed E-state index contributed by atoms with van der Waals surface area (Å²) in [7, 11) is 0. The van der Waals surface area contributed by atoms with Gasteiger partial charge in [0.2, 0.25) is 0 Å². The van der Waals surface area contributed by atoms with E-state index >= 15 is 0 Å². The van der Waals surface area contributed by atoms with Crippen molar-refractivity contribution in [3.8, 4) is 0 Å². The molecule has 1 aliphatic heterocycles. The van der Waals surface area contributed by atoms with Gasteiger partial charge >= 0.3 is 0 Å². The summed E-state index contributed by atoms with van der Waals surface area (Å²) in [6.07, 6.45) is 0. The van der Waals surface area contributed by atoms with Crippen molar-refractivity contribution in [1.29, 1.82) is 0 Å². The molecule has 3 heteroatoms. The number of nitrogens with zero attached hydrogens (tertiary/aromatic N) is 1. The fourth-order valence-electron chi connectivity index (χ4n) is 2.36. The van der Waals surface area contributed by atoms with E-state index < -0.39 is 5.60 Å². The zero-order chi connectivity index (χ0) is 12.5. The fraction of sp³-hybridized carbons (Fsp3) is 0.571. The Kier molecular flexibility index (Phi) is 3.40. The van der Waals surface area contributed by atoms with Crippen LogP contribution in [0.4, 0.5) is 5.69 Å². The molecule has 0 saturated heterocycles. The lowest BCUT2D eigenvalue weighted by molar-refractivity contribution is 0.0871. The molecule has 0 aliphatic carbocycles. The Hall–Kier alpha value is -1.06. The van der Waals surface area contributed by atoms with Crippen molar-refractivity contribution in [3.05, 3.63) is 29.8 Å². The molecule has 1 heterocycles. The largest absolute Gasteiger partial charge is 0.389 e. The van der Waals surface area contributed by atoms with E-state index in [0.29, 0.717) is 12.6 Å². The SMILES string of the molecule is CC1CN(CC(C)(C)O)c2ccccc2CN1. The van der Waals surface area contributed by atoms with Crippen LogP contribution in [-0.4, -0.2) is 29.8 Å². The molecule has 1 aromatic rings. The molecule has 3 nitrogen and oxygen atoms in total. The standard InChI is InChI=1S/C14H22N2O/c1-11-9-16(10-14(2,3)17)13-7-5-4-6-12(13)8-15-11/h4-7,11,15,17H,8-10H2,1-3H3. The minimum atomic E-state index is -0.669. The minimum Gasteiger partial charge on any atom is -0.389 e. The van der Waals surface area contributed by atoms with E-state index in [0.717, 1.165) is 13.1 Å². The third-order valence-electron chi connectivity index (χ3n) is 3.05. The predicted molar refractivity (Wildman–Crippen MR) is 71.3 cm³/mol. The number of nitrogens with one attached hydrogen (secondary N) is 1. The summed E-state index contributed by atoms with van der Waals surface area (Å²) in [6.45, 7) is 8.40. The molecule has 1 aromatic carbocycles. The van der Waals surface area contributed by atoms with E-state index in [1.165, 1.54) is 11.3 Å². The van der Waals surface area contributed by atoms with E-state index in [4.69, 9.17) is 0 Å². The topological polar surface area (TPSA) is 35.5 Å². The second-order valence-electron chi connectivity index (χ2n) is 5.60. The van der Waals surface area contributed by atoms with Crippen LogP contribution in [0.3, 0.4) is 0 Å². The Morgan fingerprint density at radius 3 is 2.82 bits per heavy atom. The Bertz CT molecular complexity index is 384. The summed E-state index contributed by atoms with van der Waals surface area (Å²) in [4.78, 5) is 2.28. The fourth-order valence-corrected chi connectivity index (χ4v) is 2.36. The third-order valence-corrected chi connectivity index (χ3v) is 3.05. The molecule has 0 radical (unpaired) electrons. The number of aliphatic hydroxyl groups is 1. The quantitative estimate of drug-likeness (QED) is 0.818. The van der Waals surface area contributed by atoms with Gasteiger partial charge in [-0.15, -0.1) is 0 Å². The highest BCUT2D eigenvalue weighted by Gasteiger charge is 2.23. The van der Waals surface area contributed by atoms with Crippen molar-refractivity contribution in [3.63, 3.8) is 0 Å². The number of hydrogen-bond donors (Lipinski definition) is 2. The van der Waals surface area contributed by atoms with Crippen LogP contribution in [0, 0.1) is 0 Å². The molecule has 0 amide bonds. The van der Waals surface area contributed by atoms with E-state index in [1.54, 1.807) is 0 Å². The molecule has 1 atom stereocenters. The number of fused-ring (bicyclic) bond motifs is 1. The van der Waals surface area contributed by atoms with Crippen LogP contribution in [-0.2, 0) is 6.54 Å². The number of para-hydroxylation sites is 1. The van der Waals surface area contributed by atoms with Gasteiger partial charge < -0.3 is 15.3 Å². The maximum atomic E-state index is 10.0. The van der Waals surface area contributed by atoms with Crippen molar-refractivity contribution in [2.45, 2.75) is 39.0 Å². The second-order valence-corrected chi connectivity index (χ2v) is 5.60. The van der Waals surface area contributed by atoms with Crippen molar-refractivity contribution < 1.29 is 5.11 Å². The molecule has 2 N–H and O–H groups in total. The first-order chi connectivity index (χ1) is 7.96. The zero-order valence-corrected chi connectivity index (χ0v) is 10.9. The molecule has 2 rings (SSSR count). The van der Waals surface area contributed by atoms with Gasteiger partial charge in [0.1, 0.15) is 0 Å². The van der Waals surface area contributed by atoms with Gasteiger partial charge in [-0.2, -0.15) is 0 Å². The molecule has 0 bridgehead atoms. The van der Waals surface area contributed by atoms with E-state index in [9.17, 15) is 5.11 Å². The van der Waals surface area contributed by atoms with E-state index in [-0.39, 0.29) is 0 Å². The lowest BCUT2D eigenvalue weighted by Gasteiger charge is -2.32. The molecule has 94 valence electrons. The van der Waals surface area contributed by atoms with Gasteiger partial charge in [-0.05, 0) is 32.4 Å². The van der Waals surface area contributed by atoms with Crippen LogP contribution < -0.4 is 10.2 Å². The van der Waals surface area contributed by atoms with Crippen LogP contribution in [0.5, 0.6) is 0 Å². The van der Waals surface area contributed by atoms with Crippen LogP contribution in [0.2, 0.25) is 0 Å². The maximum Gasteiger partial charge on any atom is 0.0765 e. The van der Waals surface area contributed by atoms with Gasteiger partial charge in [-0.1, -0.05) is 18.2 Å². The molecule has 0 aromatic heterocycles. The van der Waals surface area contributed by atoms with Gasteiger partial charge in [-0.3, -0.25) is 0 Å². The lowest BCUT2D eigenvalue weighted by atomic mass is 10.1. The Morgan fingerprint density at radius 2 is 2.12 bits per heavy atom. The molecule has 0 spiro atoms. The van der Waals surface area contributed by atoms with Crippen molar-refractivity contribution >= 4 is 5.69 Å². The smallest absolute Gasteiger partial charge is 0.0765 e. The normalized spacial score (nSPS) is 20.9. The molecule has 0 saturated carbocycles. The summed E-state index contributed by atoms with van der Waals surface area (Å²) in [6, 6.07) is 8.86. The summed E-state index contributed by atoms with van der Waals surface area (Å²) in [5.74, 6) is 0. The molecule has 1 unspecified atom stereocenters. The molecular formula is C14H22N2O. The van der Waals surface area contributed by atoms with Gasteiger partial charge in [0.15, 0.2) is 0 Å². The summed E-state index contributed by atoms with van der Waals surface area (Å²) in [5.41, 5.74) is 1.88. The number of anilines is 1. The Labute approximate surface area is 103 Å². The first-order valence-electron chi connectivity index (χ1n) is 6.24. The number of rotatable bonds is 2. The minimum absolute atomic E-state index is 0.435. The average molecular weight is 234 g/mol. The predicted octanol–water partition coefficient (Wildman–Crippen LogP) is 1.76. The van der Waals surface area contributed by atoms with Gasteiger partial charge in [0.25, 0.3) is 0 Å². The van der Waals surface area contributed by atoms with Gasteiger partial charge in [-0.25, -0.2) is 0 Å². The number of benzene rings is 1. The van der Waals surface area contributed by atoms with Crippen LogP contribution in [0.1, 0.15) is 26.3 Å². The van der Waals surface area contributed by atoms with Gasteiger partial charge in [0, 0.05) is 31.4 Å². The first-order valence-corrected chi connectivity index (χ1v) is 6.24. The highest BCUT2D eigenvalue weighted by molar-refractivity contribution is 5.54. The van der Waals surface area contributed by atoms with Gasteiger partial charge in [0.05, 0.1) is 5.60 Å². The van der Waals surface area contributed by atoms with Crippen molar-refractivity contribution in [2.75, 3.05) is 18.0 Å². The molecule has 17 heavy (non-hydrogen) atoms. The van der Waals surface area contributed by atoms with Crippen molar-refractivity contribution in [2.24, 2.45) is 0 Å². The number of hydrogen-bond acceptors (Lipinski definition) is 3. The summed E-state index contributed by atoms with van der Waals surface area (Å²) >= 11 is 0. The summed E-state index contributed by atoms with van der Waals surface area (Å²) in [5, 5.41) is 13.5. The molecular weight excluding hydrogens is 212 g/mol. The van der Waals surface area contributed by atoms with Crippen LogP contribution in [0.15, 0.2) is 24.3 Å². The first kappa shape index (κ1) is 12.4. The third kappa shape index (κ3) is 3.20. The monoisotopic (exact) mass is 234 g/mol.